The lowest BCUT2D eigenvalue weighted by Crippen LogP contribution is -2.26. The quantitative estimate of drug-likeness (QED) is 0.311. The molecule has 0 radical (unpaired) electrons. The van der Waals surface area contributed by atoms with Gasteiger partial charge in [-0.15, -0.1) is 0 Å². The van der Waals surface area contributed by atoms with Gasteiger partial charge in [0.25, 0.3) is 0 Å². The first-order valence-corrected chi connectivity index (χ1v) is 6.91. The van der Waals surface area contributed by atoms with Gasteiger partial charge in [0.05, 0.1) is 0 Å². The third-order valence-electron chi connectivity index (χ3n) is 1.14. The Labute approximate surface area is 101 Å². The molecule has 0 N–H and O–H groups in total. The Balaban J connectivity index is 5.23. The summed E-state index contributed by atoms with van der Waals surface area (Å²) in [7, 11) is 0. The van der Waals surface area contributed by atoms with E-state index in [0.717, 1.165) is 0 Å². The van der Waals surface area contributed by atoms with Crippen LogP contribution in [0.1, 0.15) is 0 Å². The first kappa shape index (κ1) is 16.7. The summed E-state index contributed by atoms with van der Waals surface area (Å²) in [5.74, 6) is -1.22. The Morgan fingerprint density at radius 1 is 1.12 bits per heavy atom. The van der Waals surface area contributed by atoms with Gasteiger partial charge in [-0.25, -0.2) is 4.57 Å². The molecule has 0 aromatic rings. The smallest absolute Gasteiger partial charge is 0.423 e. The Kier molecular flexibility index (Phi) is 5.02. The zero-order valence-electron chi connectivity index (χ0n) is 7.57. The zero-order chi connectivity index (χ0) is 14.1. The molecule has 0 rings (SSSR count). The number of allylic oxidation sites excluding steroid dienone is 2. The molecule has 0 amide bonds. The molecule has 0 bridgehead atoms. The molecule has 0 aromatic heterocycles. The van der Waals surface area contributed by atoms with Crippen LogP contribution in [-0.4, -0.2) is 12.4 Å². The minimum atomic E-state index is -5.67. The van der Waals surface area contributed by atoms with E-state index in [-0.39, 0.29) is 0 Å². The molecule has 0 fully saturated rings. The molecule has 0 spiro atoms. The van der Waals surface area contributed by atoms with Crippen molar-refractivity contribution in [3.63, 3.8) is 0 Å². The Morgan fingerprint density at radius 2 is 1.47 bits per heavy atom. The van der Waals surface area contributed by atoms with Crippen LogP contribution in [0.15, 0.2) is 24.0 Å². The maximum absolute atomic E-state index is 12.0. The standard InChI is InChI=1S/C6H3Cl2F6O2P/c1-3(16-17(7,8)15)2-4(5(9,10)11)6(12,13)14/h2H,1H2. The summed E-state index contributed by atoms with van der Waals surface area (Å²) >= 11 is 9.57. The lowest BCUT2D eigenvalue weighted by molar-refractivity contribution is -0.172. The maximum atomic E-state index is 12.0. The fourth-order valence-corrected chi connectivity index (χ4v) is 1.51. The monoisotopic (exact) mass is 322 g/mol. The summed E-state index contributed by atoms with van der Waals surface area (Å²) in [6, 6.07) is 0. The first-order valence-electron chi connectivity index (χ1n) is 3.47. The highest BCUT2D eigenvalue weighted by Gasteiger charge is 2.51. The minimum absolute atomic E-state index is 0.489. The van der Waals surface area contributed by atoms with Crippen molar-refractivity contribution in [2.45, 2.75) is 12.4 Å². The van der Waals surface area contributed by atoms with Gasteiger partial charge in [-0.3, -0.25) is 0 Å². The number of rotatable bonds is 3. The molecule has 0 unspecified atom stereocenters. The molecule has 17 heavy (non-hydrogen) atoms. The van der Waals surface area contributed by atoms with Crippen LogP contribution < -0.4 is 0 Å². The van der Waals surface area contributed by atoms with Crippen LogP contribution in [0.3, 0.4) is 0 Å². The number of alkyl halides is 6. The molecular weight excluding hydrogens is 320 g/mol. The summed E-state index contributed by atoms with van der Waals surface area (Å²) in [4.78, 5) is 0. The minimum Gasteiger partial charge on any atom is -0.423 e. The Morgan fingerprint density at radius 3 is 1.71 bits per heavy atom. The molecule has 0 saturated heterocycles. The highest BCUT2D eigenvalue weighted by Crippen LogP contribution is 2.59. The predicted octanol–water partition coefficient (Wildman–Crippen LogP) is 5.15. The SMILES string of the molecule is C=C(C=C(C(F)(F)F)C(F)(F)F)OP(=O)(Cl)Cl. The van der Waals surface area contributed by atoms with Crippen LogP contribution in [0.4, 0.5) is 26.3 Å². The van der Waals surface area contributed by atoms with E-state index < -0.39 is 35.8 Å². The topological polar surface area (TPSA) is 26.3 Å². The van der Waals surface area contributed by atoms with Crippen molar-refractivity contribution in [1.82, 2.24) is 0 Å². The van der Waals surface area contributed by atoms with Crippen LogP contribution in [0.25, 0.3) is 0 Å². The van der Waals surface area contributed by atoms with Gasteiger partial charge in [-0.2, -0.15) is 26.3 Å². The molecule has 0 aromatic carbocycles. The Hall–Kier alpha value is -0.330. The van der Waals surface area contributed by atoms with Crippen molar-refractivity contribution in [3.8, 4) is 0 Å². The van der Waals surface area contributed by atoms with Gasteiger partial charge in [0, 0.05) is 22.5 Å². The van der Waals surface area contributed by atoms with Crippen LogP contribution in [0.2, 0.25) is 0 Å². The van der Waals surface area contributed by atoms with E-state index >= 15 is 0 Å². The van der Waals surface area contributed by atoms with Crippen molar-refractivity contribution in [1.29, 1.82) is 0 Å². The summed E-state index contributed by atoms with van der Waals surface area (Å²) < 4.78 is 86.4. The fraction of sp³-hybridized carbons (Fsp3) is 0.333. The molecule has 100 valence electrons. The molecule has 2 nitrogen and oxygen atoms in total. The van der Waals surface area contributed by atoms with E-state index in [4.69, 9.17) is 22.5 Å². The lowest BCUT2D eigenvalue weighted by atomic mass is 10.2. The van der Waals surface area contributed by atoms with Gasteiger partial charge in [0.2, 0.25) is 0 Å². The van der Waals surface area contributed by atoms with Gasteiger partial charge in [0.15, 0.2) is 0 Å². The summed E-state index contributed by atoms with van der Waals surface area (Å²) in [5, 5.41) is 0. The second-order valence-corrected chi connectivity index (χ2v) is 6.73. The fourth-order valence-electron chi connectivity index (χ4n) is 0.648. The van der Waals surface area contributed by atoms with Gasteiger partial charge < -0.3 is 4.52 Å². The predicted molar refractivity (Wildman–Crippen MR) is 49.7 cm³/mol. The largest absolute Gasteiger partial charge is 0.428 e. The molecule has 0 heterocycles. The van der Waals surface area contributed by atoms with E-state index in [1.54, 1.807) is 0 Å². The van der Waals surface area contributed by atoms with Crippen LogP contribution in [-0.2, 0) is 9.09 Å². The Bertz CT molecular complexity index is 363. The van der Waals surface area contributed by atoms with Crippen LogP contribution >= 0.6 is 28.6 Å². The molecule has 0 atom stereocenters. The van der Waals surface area contributed by atoms with Gasteiger partial charge in [-0.05, 0) is 6.08 Å². The van der Waals surface area contributed by atoms with E-state index in [2.05, 4.69) is 11.1 Å². The van der Waals surface area contributed by atoms with Crippen molar-refractivity contribution >= 4 is 28.6 Å². The molecule has 0 aliphatic heterocycles. The number of halogens is 8. The van der Waals surface area contributed by atoms with Gasteiger partial charge in [-0.1, -0.05) is 6.58 Å². The molecule has 0 saturated carbocycles. The number of hydrogen-bond acceptors (Lipinski definition) is 2. The normalized spacial score (nSPS) is 13.2. The molecule has 11 heteroatoms. The van der Waals surface area contributed by atoms with Crippen molar-refractivity contribution in [2.75, 3.05) is 0 Å². The van der Waals surface area contributed by atoms with Crippen LogP contribution in [0, 0.1) is 0 Å². The zero-order valence-corrected chi connectivity index (χ0v) is 9.98. The molecule has 0 aliphatic carbocycles. The first-order chi connectivity index (χ1) is 7.23. The molecule has 0 aliphatic rings. The maximum Gasteiger partial charge on any atom is 0.428 e. The van der Waals surface area contributed by atoms with E-state index in [1.165, 1.54) is 0 Å². The lowest BCUT2D eigenvalue weighted by Gasteiger charge is -2.15. The van der Waals surface area contributed by atoms with Gasteiger partial charge >= 0.3 is 18.4 Å². The van der Waals surface area contributed by atoms with Crippen molar-refractivity contribution in [3.05, 3.63) is 24.0 Å². The second-order valence-electron chi connectivity index (χ2n) is 2.53. The number of hydrogen-bond donors (Lipinski definition) is 0. The summed E-state index contributed by atoms with van der Waals surface area (Å²) in [6.45, 7) is 2.67. The van der Waals surface area contributed by atoms with Crippen LogP contribution in [0.5, 0.6) is 0 Å². The summed E-state index contributed by atoms with van der Waals surface area (Å²) in [6.07, 6.45) is -16.2. The van der Waals surface area contributed by atoms with Gasteiger partial charge in [0.1, 0.15) is 11.3 Å². The highest BCUT2D eigenvalue weighted by molar-refractivity contribution is 8.05. The average Bonchev–Trinajstić information content (AvgIpc) is 1.91. The van der Waals surface area contributed by atoms with E-state index in [9.17, 15) is 30.9 Å². The second kappa shape index (κ2) is 5.12. The third kappa shape index (κ3) is 6.85. The average molecular weight is 323 g/mol. The highest BCUT2D eigenvalue weighted by atomic mass is 35.9. The summed E-state index contributed by atoms with van der Waals surface area (Å²) in [5.41, 5.74) is -2.88. The third-order valence-corrected chi connectivity index (χ3v) is 2.00. The van der Waals surface area contributed by atoms with E-state index in [1.807, 2.05) is 0 Å². The van der Waals surface area contributed by atoms with Crippen molar-refractivity contribution in [2.24, 2.45) is 0 Å². The van der Waals surface area contributed by atoms with E-state index in [0.29, 0.717) is 0 Å². The van der Waals surface area contributed by atoms with Crippen molar-refractivity contribution < 1.29 is 35.4 Å². The molecular formula is C6H3Cl2F6O2P.